The summed E-state index contributed by atoms with van der Waals surface area (Å²) in [5.41, 5.74) is 1.96. The highest BCUT2D eigenvalue weighted by molar-refractivity contribution is 6.30. The van der Waals surface area contributed by atoms with Gasteiger partial charge in [0.15, 0.2) is 6.61 Å². The third-order valence-electron chi connectivity index (χ3n) is 5.37. The van der Waals surface area contributed by atoms with Crippen molar-refractivity contribution in [2.75, 3.05) is 13.2 Å². The monoisotopic (exact) mass is 458 g/mol. The number of ether oxygens (including phenoxy) is 1. The number of unbranched alkanes of at least 4 members (excludes halogenated alkanes) is 1. The van der Waals surface area contributed by atoms with Crippen LogP contribution in [0.2, 0.25) is 5.02 Å². The zero-order valence-electron chi connectivity index (χ0n) is 19.6. The van der Waals surface area contributed by atoms with E-state index in [1.807, 2.05) is 43.3 Å². The van der Waals surface area contributed by atoms with Gasteiger partial charge in [-0.05, 0) is 48.1 Å². The van der Waals surface area contributed by atoms with Crippen molar-refractivity contribution in [3.05, 3.63) is 64.7 Å². The van der Waals surface area contributed by atoms with Crippen LogP contribution in [0.5, 0.6) is 5.75 Å². The molecule has 0 aliphatic carbocycles. The minimum atomic E-state index is -0.570. The molecule has 2 aromatic carbocycles. The van der Waals surface area contributed by atoms with Crippen LogP contribution < -0.4 is 10.1 Å². The normalized spacial score (nSPS) is 11.8. The Balaban J connectivity index is 2.21. The molecule has 1 atom stereocenters. The SMILES string of the molecule is CCCCNC(=O)[C@@H](CC)N(Cc1ccc(Cl)cc1)C(=O)COc1ccccc1C(C)C. The highest BCUT2D eigenvalue weighted by Gasteiger charge is 2.29. The molecule has 6 heteroatoms. The summed E-state index contributed by atoms with van der Waals surface area (Å²) < 4.78 is 5.93. The van der Waals surface area contributed by atoms with Crippen molar-refractivity contribution in [3.8, 4) is 5.75 Å². The Morgan fingerprint density at radius 1 is 1.06 bits per heavy atom. The third-order valence-corrected chi connectivity index (χ3v) is 5.63. The van der Waals surface area contributed by atoms with Gasteiger partial charge < -0.3 is 15.0 Å². The van der Waals surface area contributed by atoms with Gasteiger partial charge in [0.05, 0.1) is 0 Å². The summed E-state index contributed by atoms with van der Waals surface area (Å²) in [6, 6.07) is 14.5. The van der Waals surface area contributed by atoms with Gasteiger partial charge >= 0.3 is 0 Å². The lowest BCUT2D eigenvalue weighted by Crippen LogP contribution is -2.50. The highest BCUT2D eigenvalue weighted by Crippen LogP contribution is 2.26. The minimum absolute atomic E-state index is 0.129. The largest absolute Gasteiger partial charge is 0.483 e. The lowest BCUT2D eigenvalue weighted by molar-refractivity contribution is -0.143. The van der Waals surface area contributed by atoms with Gasteiger partial charge in [0.1, 0.15) is 11.8 Å². The molecule has 1 N–H and O–H groups in total. The molecule has 0 aliphatic rings. The van der Waals surface area contributed by atoms with E-state index < -0.39 is 6.04 Å². The average molecular weight is 459 g/mol. The van der Waals surface area contributed by atoms with Gasteiger partial charge in [-0.2, -0.15) is 0 Å². The molecule has 0 saturated carbocycles. The zero-order chi connectivity index (χ0) is 23.5. The number of carbonyl (C=O) groups is 2. The first-order valence-corrected chi connectivity index (χ1v) is 11.8. The fraction of sp³-hybridized carbons (Fsp3) is 0.462. The molecule has 0 bridgehead atoms. The van der Waals surface area contributed by atoms with Crippen molar-refractivity contribution in [1.82, 2.24) is 10.2 Å². The summed E-state index contributed by atoms with van der Waals surface area (Å²) in [7, 11) is 0. The van der Waals surface area contributed by atoms with Crippen molar-refractivity contribution in [2.24, 2.45) is 0 Å². The van der Waals surface area contributed by atoms with Gasteiger partial charge in [0.25, 0.3) is 5.91 Å². The number of para-hydroxylation sites is 1. The second-order valence-corrected chi connectivity index (χ2v) is 8.63. The Morgan fingerprint density at radius 2 is 1.75 bits per heavy atom. The van der Waals surface area contributed by atoms with E-state index >= 15 is 0 Å². The molecule has 0 saturated heterocycles. The van der Waals surface area contributed by atoms with E-state index in [0.717, 1.165) is 24.0 Å². The summed E-state index contributed by atoms with van der Waals surface area (Å²) in [6.45, 7) is 8.95. The Hall–Kier alpha value is -2.53. The smallest absolute Gasteiger partial charge is 0.261 e. The fourth-order valence-electron chi connectivity index (χ4n) is 3.52. The molecule has 0 unspecified atom stereocenters. The van der Waals surface area contributed by atoms with Crippen LogP contribution in [-0.4, -0.2) is 35.9 Å². The molecule has 0 radical (unpaired) electrons. The summed E-state index contributed by atoms with van der Waals surface area (Å²) in [4.78, 5) is 27.8. The number of amides is 2. The van der Waals surface area contributed by atoms with Crippen LogP contribution >= 0.6 is 11.6 Å². The van der Waals surface area contributed by atoms with Gasteiger partial charge in [-0.3, -0.25) is 9.59 Å². The van der Waals surface area contributed by atoms with Gasteiger partial charge in [-0.25, -0.2) is 0 Å². The van der Waals surface area contributed by atoms with Crippen LogP contribution in [0.3, 0.4) is 0 Å². The van der Waals surface area contributed by atoms with E-state index in [4.69, 9.17) is 16.3 Å². The predicted octanol–water partition coefficient (Wildman–Crippen LogP) is 5.57. The van der Waals surface area contributed by atoms with Crippen LogP contribution in [0.1, 0.15) is 64.0 Å². The van der Waals surface area contributed by atoms with Gasteiger partial charge in [0, 0.05) is 18.1 Å². The number of nitrogens with zero attached hydrogens (tertiary/aromatic N) is 1. The standard InChI is InChI=1S/C26H35ClN2O3/c1-5-7-16-28-26(31)23(6-2)29(17-20-12-14-21(27)15-13-20)25(30)18-32-24-11-9-8-10-22(24)19(3)4/h8-15,19,23H,5-7,16-18H2,1-4H3,(H,28,31)/t23-/m1/s1. The maximum atomic E-state index is 13.3. The topological polar surface area (TPSA) is 58.6 Å². The molecule has 2 rings (SSSR count). The summed E-state index contributed by atoms with van der Waals surface area (Å²) >= 11 is 6.02. The molecule has 0 spiro atoms. The average Bonchev–Trinajstić information content (AvgIpc) is 2.79. The summed E-state index contributed by atoms with van der Waals surface area (Å²) in [6.07, 6.45) is 2.41. The van der Waals surface area contributed by atoms with Crippen LogP contribution in [0.25, 0.3) is 0 Å². The highest BCUT2D eigenvalue weighted by atomic mass is 35.5. The Bertz CT molecular complexity index is 868. The minimum Gasteiger partial charge on any atom is -0.483 e. The van der Waals surface area contributed by atoms with Gasteiger partial charge in [-0.15, -0.1) is 0 Å². The lowest BCUT2D eigenvalue weighted by atomic mass is 10.0. The summed E-state index contributed by atoms with van der Waals surface area (Å²) in [5, 5.41) is 3.60. The molecule has 32 heavy (non-hydrogen) atoms. The molecule has 2 amide bonds. The number of nitrogens with one attached hydrogen (secondary N) is 1. The van der Waals surface area contributed by atoms with E-state index in [1.165, 1.54) is 0 Å². The number of halogens is 1. The molecular weight excluding hydrogens is 424 g/mol. The molecule has 174 valence electrons. The van der Waals surface area contributed by atoms with Crippen molar-refractivity contribution in [1.29, 1.82) is 0 Å². The quantitative estimate of drug-likeness (QED) is 0.423. The van der Waals surface area contributed by atoms with Gasteiger partial charge in [-0.1, -0.05) is 76.0 Å². The van der Waals surface area contributed by atoms with Crippen molar-refractivity contribution >= 4 is 23.4 Å². The molecule has 5 nitrogen and oxygen atoms in total. The van der Waals surface area contributed by atoms with E-state index in [1.54, 1.807) is 17.0 Å². The Labute approximate surface area is 197 Å². The van der Waals surface area contributed by atoms with Crippen LogP contribution in [-0.2, 0) is 16.1 Å². The number of hydrogen-bond acceptors (Lipinski definition) is 3. The van der Waals surface area contributed by atoms with Crippen LogP contribution in [0, 0.1) is 0 Å². The van der Waals surface area contributed by atoms with E-state index in [-0.39, 0.29) is 24.3 Å². The number of hydrogen-bond donors (Lipinski definition) is 1. The Morgan fingerprint density at radius 3 is 2.38 bits per heavy atom. The molecule has 0 aliphatic heterocycles. The fourth-order valence-corrected chi connectivity index (χ4v) is 3.65. The molecular formula is C26H35ClN2O3. The molecule has 0 fully saturated rings. The van der Waals surface area contributed by atoms with Crippen LogP contribution in [0.4, 0.5) is 0 Å². The maximum Gasteiger partial charge on any atom is 0.261 e. The van der Waals surface area contributed by atoms with E-state index in [0.29, 0.717) is 30.3 Å². The number of benzene rings is 2. The van der Waals surface area contributed by atoms with Crippen molar-refractivity contribution in [2.45, 2.75) is 65.5 Å². The predicted molar refractivity (Wildman–Crippen MR) is 130 cm³/mol. The van der Waals surface area contributed by atoms with Gasteiger partial charge in [0.2, 0.25) is 5.91 Å². The first-order valence-electron chi connectivity index (χ1n) is 11.4. The molecule has 0 heterocycles. The lowest BCUT2D eigenvalue weighted by Gasteiger charge is -2.30. The molecule has 0 aromatic heterocycles. The second-order valence-electron chi connectivity index (χ2n) is 8.20. The van der Waals surface area contributed by atoms with Crippen molar-refractivity contribution < 1.29 is 14.3 Å². The maximum absolute atomic E-state index is 13.3. The van der Waals surface area contributed by atoms with Crippen molar-refractivity contribution in [3.63, 3.8) is 0 Å². The first kappa shape index (κ1) is 25.7. The number of rotatable bonds is 12. The second kappa shape index (κ2) is 13.1. The molecule has 2 aromatic rings. The third kappa shape index (κ3) is 7.56. The first-order chi connectivity index (χ1) is 15.4. The number of carbonyl (C=O) groups excluding carboxylic acids is 2. The van der Waals surface area contributed by atoms with E-state index in [2.05, 4.69) is 26.1 Å². The zero-order valence-corrected chi connectivity index (χ0v) is 20.3. The Kier molecular flexibility index (Phi) is 10.5. The van der Waals surface area contributed by atoms with E-state index in [9.17, 15) is 9.59 Å². The van der Waals surface area contributed by atoms with Crippen LogP contribution in [0.15, 0.2) is 48.5 Å². The summed E-state index contributed by atoms with van der Waals surface area (Å²) in [5.74, 6) is 0.615.